The van der Waals surface area contributed by atoms with E-state index < -0.39 is 54.5 Å². The third-order valence-electron chi connectivity index (χ3n) is 4.40. The van der Waals surface area contributed by atoms with Gasteiger partial charge in [0.25, 0.3) is 0 Å². The van der Waals surface area contributed by atoms with E-state index in [0.29, 0.717) is 5.75 Å². The summed E-state index contributed by atoms with van der Waals surface area (Å²) in [5.41, 5.74) is 6.44. The molecular formula is C20H30N4O6S. The number of hydrogen-bond donors (Lipinski definition) is 6. The standard InChI is InChI=1S/C20H30N4O6S/c1-12(25)17(21)20(30)24-15(10-13-6-4-3-5-7-13)19(29)23-14(8-9-31-2)18(28)22-11-16(26)27/h3-7,12,14-15,17,25H,8-11,21H2,1-2H3,(H,22,28)(H,23,29)(H,24,30)(H,26,27). The van der Waals surface area contributed by atoms with Crippen molar-refractivity contribution >= 4 is 35.5 Å². The largest absolute Gasteiger partial charge is 0.480 e. The van der Waals surface area contributed by atoms with E-state index in [2.05, 4.69) is 16.0 Å². The van der Waals surface area contributed by atoms with Gasteiger partial charge in [0.15, 0.2) is 0 Å². The third-order valence-corrected chi connectivity index (χ3v) is 5.04. The molecule has 0 fully saturated rings. The summed E-state index contributed by atoms with van der Waals surface area (Å²) in [6, 6.07) is 5.70. The van der Waals surface area contributed by atoms with Gasteiger partial charge >= 0.3 is 5.97 Å². The van der Waals surface area contributed by atoms with Crippen LogP contribution in [0.5, 0.6) is 0 Å². The predicted octanol–water partition coefficient (Wildman–Crippen LogP) is -1.14. The minimum absolute atomic E-state index is 0.136. The van der Waals surface area contributed by atoms with E-state index in [-0.39, 0.29) is 12.8 Å². The molecule has 0 aliphatic carbocycles. The predicted molar refractivity (Wildman–Crippen MR) is 117 cm³/mol. The lowest BCUT2D eigenvalue weighted by Crippen LogP contribution is -2.58. The lowest BCUT2D eigenvalue weighted by Gasteiger charge is -2.24. The van der Waals surface area contributed by atoms with Crippen molar-refractivity contribution in [2.24, 2.45) is 5.73 Å². The van der Waals surface area contributed by atoms with Gasteiger partial charge in [0.2, 0.25) is 17.7 Å². The summed E-state index contributed by atoms with van der Waals surface area (Å²) in [5.74, 6) is -2.61. The summed E-state index contributed by atoms with van der Waals surface area (Å²) in [6.45, 7) is 0.791. The van der Waals surface area contributed by atoms with E-state index in [0.717, 1.165) is 5.56 Å². The van der Waals surface area contributed by atoms with Crippen molar-refractivity contribution < 1.29 is 29.4 Å². The fourth-order valence-corrected chi connectivity index (χ4v) is 3.08. The maximum atomic E-state index is 13.0. The summed E-state index contributed by atoms with van der Waals surface area (Å²) in [4.78, 5) is 48.4. The van der Waals surface area contributed by atoms with Gasteiger partial charge in [-0.1, -0.05) is 30.3 Å². The number of hydrogen-bond acceptors (Lipinski definition) is 7. The van der Waals surface area contributed by atoms with Crippen LogP contribution in [0.25, 0.3) is 0 Å². The molecule has 172 valence electrons. The van der Waals surface area contributed by atoms with Gasteiger partial charge in [0.1, 0.15) is 24.7 Å². The Kier molecular flexibility index (Phi) is 11.6. The highest BCUT2D eigenvalue weighted by atomic mass is 32.2. The number of aliphatic hydroxyl groups is 1. The molecular weight excluding hydrogens is 424 g/mol. The van der Waals surface area contributed by atoms with Gasteiger partial charge < -0.3 is 31.9 Å². The molecule has 7 N–H and O–H groups in total. The fourth-order valence-electron chi connectivity index (χ4n) is 2.61. The Bertz CT molecular complexity index is 746. The highest BCUT2D eigenvalue weighted by molar-refractivity contribution is 7.98. The first-order valence-corrected chi connectivity index (χ1v) is 11.1. The van der Waals surface area contributed by atoms with Crippen LogP contribution in [0.1, 0.15) is 18.9 Å². The molecule has 10 nitrogen and oxygen atoms in total. The quantitative estimate of drug-likeness (QED) is 0.217. The maximum absolute atomic E-state index is 13.0. The zero-order chi connectivity index (χ0) is 23.4. The van der Waals surface area contributed by atoms with Crippen molar-refractivity contribution in [2.75, 3.05) is 18.6 Å². The number of carbonyl (C=O) groups is 4. The Morgan fingerprint density at radius 2 is 1.65 bits per heavy atom. The Morgan fingerprint density at radius 3 is 2.19 bits per heavy atom. The molecule has 11 heteroatoms. The van der Waals surface area contributed by atoms with E-state index in [1.807, 2.05) is 12.3 Å². The smallest absolute Gasteiger partial charge is 0.322 e. The second-order valence-electron chi connectivity index (χ2n) is 6.97. The highest BCUT2D eigenvalue weighted by Crippen LogP contribution is 2.07. The van der Waals surface area contributed by atoms with Crippen molar-refractivity contribution in [3.8, 4) is 0 Å². The number of thioether (sulfide) groups is 1. The first-order chi connectivity index (χ1) is 14.6. The summed E-state index contributed by atoms with van der Waals surface area (Å²) >= 11 is 1.47. The molecule has 0 spiro atoms. The Balaban J connectivity index is 2.98. The average molecular weight is 455 g/mol. The molecule has 0 aromatic heterocycles. The van der Waals surface area contributed by atoms with Crippen LogP contribution in [0.4, 0.5) is 0 Å². The molecule has 3 amide bonds. The number of aliphatic hydroxyl groups excluding tert-OH is 1. The Morgan fingerprint density at radius 1 is 1.03 bits per heavy atom. The number of nitrogens with one attached hydrogen (secondary N) is 3. The minimum Gasteiger partial charge on any atom is -0.480 e. The number of aliphatic carboxylic acids is 1. The number of amides is 3. The third kappa shape index (κ3) is 9.81. The summed E-state index contributed by atoms with van der Waals surface area (Å²) in [5, 5.41) is 25.7. The molecule has 0 saturated carbocycles. The van der Waals surface area contributed by atoms with Crippen molar-refractivity contribution in [1.29, 1.82) is 0 Å². The van der Waals surface area contributed by atoms with Crippen LogP contribution in [-0.2, 0) is 25.6 Å². The van der Waals surface area contributed by atoms with Gasteiger partial charge in [-0.2, -0.15) is 11.8 Å². The van der Waals surface area contributed by atoms with Crippen molar-refractivity contribution in [2.45, 2.75) is 44.0 Å². The second kappa shape index (κ2) is 13.6. The lowest BCUT2D eigenvalue weighted by atomic mass is 10.0. The van der Waals surface area contributed by atoms with Crippen molar-refractivity contribution in [3.05, 3.63) is 35.9 Å². The number of carboxylic acid groups (broad SMARTS) is 1. The first-order valence-electron chi connectivity index (χ1n) is 9.72. The molecule has 4 unspecified atom stereocenters. The van der Waals surface area contributed by atoms with Crippen molar-refractivity contribution in [1.82, 2.24) is 16.0 Å². The van der Waals surface area contributed by atoms with Gasteiger partial charge in [0, 0.05) is 6.42 Å². The van der Waals surface area contributed by atoms with Gasteiger partial charge in [-0.15, -0.1) is 0 Å². The number of benzene rings is 1. The molecule has 0 aliphatic heterocycles. The van der Waals surface area contributed by atoms with Crippen LogP contribution in [-0.4, -0.2) is 76.7 Å². The van der Waals surface area contributed by atoms with Gasteiger partial charge in [-0.3, -0.25) is 19.2 Å². The number of nitrogens with two attached hydrogens (primary N) is 1. The van der Waals surface area contributed by atoms with Crippen LogP contribution in [0.3, 0.4) is 0 Å². The van der Waals surface area contributed by atoms with Crippen molar-refractivity contribution in [3.63, 3.8) is 0 Å². The van der Waals surface area contributed by atoms with Crippen LogP contribution in [0.15, 0.2) is 30.3 Å². The van der Waals surface area contributed by atoms with Gasteiger partial charge in [-0.05, 0) is 30.9 Å². The fraction of sp³-hybridized carbons (Fsp3) is 0.500. The summed E-state index contributed by atoms with van der Waals surface area (Å²) < 4.78 is 0. The molecule has 1 aromatic carbocycles. The van der Waals surface area contributed by atoms with E-state index >= 15 is 0 Å². The number of rotatable bonds is 13. The van der Waals surface area contributed by atoms with Gasteiger partial charge in [0.05, 0.1) is 6.10 Å². The van der Waals surface area contributed by atoms with E-state index in [1.54, 1.807) is 24.3 Å². The van der Waals surface area contributed by atoms with Gasteiger partial charge in [-0.25, -0.2) is 0 Å². The molecule has 0 aliphatic rings. The molecule has 1 aromatic rings. The lowest BCUT2D eigenvalue weighted by molar-refractivity contribution is -0.138. The van der Waals surface area contributed by atoms with E-state index in [9.17, 15) is 24.3 Å². The average Bonchev–Trinajstić information content (AvgIpc) is 2.74. The summed E-state index contributed by atoms with van der Waals surface area (Å²) in [7, 11) is 0. The maximum Gasteiger partial charge on any atom is 0.322 e. The normalized spacial score (nSPS) is 14.6. The minimum atomic E-state index is -1.22. The Hall–Kier alpha value is -2.63. The molecule has 0 bridgehead atoms. The molecule has 0 radical (unpaired) electrons. The first kappa shape index (κ1) is 26.4. The molecule has 0 heterocycles. The molecule has 31 heavy (non-hydrogen) atoms. The SMILES string of the molecule is CSCCC(NC(=O)C(Cc1ccccc1)NC(=O)C(N)C(C)O)C(=O)NCC(=O)O. The second-order valence-corrected chi connectivity index (χ2v) is 7.96. The van der Waals surface area contributed by atoms with Crippen LogP contribution in [0, 0.1) is 0 Å². The molecule has 1 rings (SSSR count). The summed E-state index contributed by atoms with van der Waals surface area (Å²) in [6.07, 6.45) is 1.13. The van der Waals surface area contributed by atoms with E-state index in [1.165, 1.54) is 18.7 Å². The van der Waals surface area contributed by atoms with Crippen LogP contribution in [0.2, 0.25) is 0 Å². The van der Waals surface area contributed by atoms with E-state index in [4.69, 9.17) is 10.8 Å². The zero-order valence-electron chi connectivity index (χ0n) is 17.5. The van der Waals surface area contributed by atoms with Crippen LogP contribution < -0.4 is 21.7 Å². The number of carbonyl (C=O) groups excluding carboxylic acids is 3. The topological polar surface area (TPSA) is 171 Å². The zero-order valence-corrected chi connectivity index (χ0v) is 18.4. The molecule has 4 atom stereocenters. The molecule has 0 saturated heterocycles. The monoisotopic (exact) mass is 454 g/mol. The highest BCUT2D eigenvalue weighted by Gasteiger charge is 2.29. The Labute approximate surface area is 185 Å². The number of carboxylic acids is 1. The van der Waals surface area contributed by atoms with Crippen LogP contribution >= 0.6 is 11.8 Å².